The fourth-order valence-corrected chi connectivity index (χ4v) is 2.01. The van der Waals surface area contributed by atoms with Crippen molar-refractivity contribution in [1.82, 2.24) is 16.0 Å². The Morgan fingerprint density at radius 3 is 2.44 bits per heavy atom. The number of halogens is 1. The highest BCUT2D eigenvalue weighted by Crippen LogP contribution is 2.10. The predicted molar refractivity (Wildman–Crippen MR) is 108 cm³/mol. The molecule has 1 heterocycles. The maximum absolute atomic E-state index is 12.0. The summed E-state index contributed by atoms with van der Waals surface area (Å²) in [6, 6.07) is 10.7. The van der Waals surface area contributed by atoms with Gasteiger partial charge in [0.25, 0.3) is 5.91 Å². The highest BCUT2D eigenvalue weighted by Gasteiger charge is 2.05. The average molecular weight is 458 g/mol. The van der Waals surface area contributed by atoms with E-state index in [2.05, 4.69) is 20.9 Å². The molecule has 1 aromatic carbocycles. The van der Waals surface area contributed by atoms with Gasteiger partial charge in [-0.25, -0.2) is 0 Å². The number of carbonyl (C=O) groups is 1. The highest BCUT2D eigenvalue weighted by molar-refractivity contribution is 14.0. The van der Waals surface area contributed by atoms with Crippen LogP contribution < -0.4 is 20.7 Å². The van der Waals surface area contributed by atoms with Crippen LogP contribution in [0.25, 0.3) is 0 Å². The lowest BCUT2D eigenvalue weighted by Gasteiger charge is -2.11. The van der Waals surface area contributed by atoms with E-state index < -0.39 is 0 Å². The van der Waals surface area contributed by atoms with Crippen LogP contribution in [0, 0.1) is 0 Å². The van der Waals surface area contributed by atoms with E-state index in [1.54, 1.807) is 44.7 Å². The molecule has 2 aromatic rings. The van der Waals surface area contributed by atoms with Gasteiger partial charge < -0.3 is 25.1 Å². The minimum atomic E-state index is -0.127. The summed E-state index contributed by atoms with van der Waals surface area (Å²) in [6.45, 7) is 1.58. The number of methoxy groups -OCH3 is 1. The average Bonchev–Trinajstić information content (AvgIpc) is 3.14. The molecule has 136 valence electrons. The summed E-state index contributed by atoms with van der Waals surface area (Å²) in [7, 11) is 3.28. The van der Waals surface area contributed by atoms with Gasteiger partial charge in [-0.15, -0.1) is 24.0 Å². The number of hydrogen-bond donors (Lipinski definition) is 3. The third-order valence-corrected chi connectivity index (χ3v) is 3.29. The largest absolute Gasteiger partial charge is 0.497 e. The third kappa shape index (κ3) is 7.04. The Hall–Kier alpha value is -2.23. The SMILES string of the molecule is CN=C(NCCNC(=O)c1ccc(OC)cc1)NCc1ccco1.I. The molecule has 0 bridgehead atoms. The monoisotopic (exact) mass is 458 g/mol. The van der Waals surface area contributed by atoms with Gasteiger partial charge in [0.2, 0.25) is 0 Å². The fourth-order valence-electron chi connectivity index (χ4n) is 2.01. The third-order valence-electron chi connectivity index (χ3n) is 3.29. The normalized spacial score (nSPS) is 10.6. The molecular weight excluding hydrogens is 435 g/mol. The van der Waals surface area contributed by atoms with Crippen molar-refractivity contribution >= 4 is 35.8 Å². The van der Waals surface area contributed by atoms with Gasteiger partial charge in [-0.1, -0.05) is 0 Å². The standard InChI is InChI=1S/C17H22N4O3.HI/c1-18-17(21-12-15-4-3-11-24-15)20-10-9-19-16(22)13-5-7-14(23-2)8-6-13;/h3-8,11H,9-10,12H2,1-2H3,(H,19,22)(H2,18,20,21);1H. The van der Waals surface area contributed by atoms with Crippen molar-refractivity contribution in [3.8, 4) is 5.75 Å². The second kappa shape index (κ2) is 11.3. The van der Waals surface area contributed by atoms with Crippen molar-refractivity contribution in [2.75, 3.05) is 27.2 Å². The summed E-state index contributed by atoms with van der Waals surface area (Å²) in [5, 5.41) is 9.08. The van der Waals surface area contributed by atoms with Crippen LogP contribution in [0.5, 0.6) is 5.75 Å². The molecule has 0 aliphatic rings. The van der Waals surface area contributed by atoms with Crippen LogP contribution in [0.1, 0.15) is 16.1 Å². The molecule has 0 saturated carbocycles. The number of aliphatic imine (C=N–C) groups is 1. The molecule has 0 aliphatic carbocycles. The van der Waals surface area contributed by atoms with Crippen LogP contribution in [0.15, 0.2) is 52.1 Å². The van der Waals surface area contributed by atoms with Crippen LogP contribution in [0.4, 0.5) is 0 Å². The minimum absolute atomic E-state index is 0. The number of nitrogens with zero attached hydrogens (tertiary/aromatic N) is 1. The zero-order valence-electron chi connectivity index (χ0n) is 14.2. The van der Waals surface area contributed by atoms with Crippen LogP contribution in [0.2, 0.25) is 0 Å². The van der Waals surface area contributed by atoms with Crippen LogP contribution >= 0.6 is 24.0 Å². The Bertz CT molecular complexity index is 657. The first kappa shape index (κ1) is 20.8. The van der Waals surface area contributed by atoms with E-state index in [9.17, 15) is 4.79 Å². The molecule has 1 aromatic heterocycles. The fraction of sp³-hybridized carbons (Fsp3) is 0.294. The van der Waals surface area contributed by atoms with E-state index in [1.807, 2.05) is 12.1 Å². The predicted octanol–water partition coefficient (Wildman–Crippen LogP) is 2.00. The molecule has 25 heavy (non-hydrogen) atoms. The smallest absolute Gasteiger partial charge is 0.251 e. The molecule has 1 amide bonds. The molecule has 2 rings (SSSR count). The Kier molecular flexibility index (Phi) is 9.45. The number of benzene rings is 1. The number of amides is 1. The topological polar surface area (TPSA) is 87.9 Å². The zero-order valence-corrected chi connectivity index (χ0v) is 16.6. The molecule has 0 radical (unpaired) electrons. The maximum atomic E-state index is 12.0. The van der Waals surface area contributed by atoms with E-state index in [0.717, 1.165) is 11.5 Å². The number of rotatable bonds is 7. The van der Waals surface area contributed by atoms with Crippen molar-refractivity contribution in [2.24, 2.45) is 4.99 Å². The van der Waals surface area contributed by atoms with Gasteiger partial charge in [0.15, 0.2) is 5.96 Å². The molecular formula is C17H23IN4O3. The second-order valence-electron chi connectivity index (χ2n) is 4.92. The quantitative estimate of drug-likeness (QED) is 0.256. The molecule has 3 N–H and O–H groups in total. The van der Waals surface area contributed by atoms with Gasteiger partial charge in [-0.3, -0.25) is 9.79 Å². The number of furan rings is 1. The van der Waals surface area contributed by atoms with Crippen LogP contribution in [-0.2, 0) is 6.54 Å². The van der Waals surface area contributed by atoms with E-state index in [-0.39, 0.29) is 29.9 Å². The Balaban J connectivity index is 0.00000312. The van der Waals surface area contributed by atoms with Gasteiger partial charge >= 0.3 is 0 Å². The van der Waals surface area contributed by atoms with Gasteiger partial charge in [-0.05, 0) is 36.4 Å². The first-order chi connectivity index (χ1) is 11.7. The molecule has 7 nitrogen and oxygen atoms in total. The Morgan fingerprint density at radius 1 is 1.12 bits per heavy atom. The first-order valence-electron chi connectivity index (χ1n) is 7.62. The molecule has 0 fully saturated rings. The van der Waals surface area contributed by atoms with Crippen LogP contribution in [0.3, 0.4) is 0 Å². The maximum Gasteiger partial charge on any atom is 0.251 e. The summed E-state index contributed by atoms with van der Waals surface area (Å²) < 4.78 is 10.3. The lowest BCUT2D eigenvalue weighted by atomic mass is 10.2. The number of carbonyl (C=O) groups excluding carboxylic acids is 1. The van der Waals surface area contributed by atoms with Crippen molar-refractivity contribution in [3.63, 3.8) is 0 Å². The summed E-state index contributed by atoms with van der Waals surface area (Å²) in [4.78, 5) is 16.1. The van der Waals surface area contributed by atoms with E-state index in [1.165, 1.54) is 0 Å². The van der Waals surface area contributed by atoms with E-state index >= 15 is 0 Å². The Labute approximate surface area is 164 Å². The van der Waals surface area contributed by atoms with Crippen LogP contribution in [-0.4, -0.2) is 39.1 Å². The second-order valence-corrected chi connectivity index (χ2v) is 4.92. The highest BCUT2D eigenvalue weighted by atomic mass is 127. The molecule has 8 heteroatoms. The molecule has 0 saturated heterocycles. The summed E-state index contributed by atoms with van der Waals surface area (Å²) >= 11 is 0. The van der Waals surface area contributed by atoms with E-state index in [0.29, 0.717) is 31.2 Å². The zero-order chi connectivity index (χ0) is 17.2. The summed E-state index contributed by atoms with van der Waals surface area (Å²) in [6.07, 6.45) is 1.63. The molecule has 0 spiro atoms. The number of hydrogen-bond acceptors (Lipinski definition) is 4. The van der Waals surface area contributed by atoms with Gasteiger partial charge in [0, 0.05) is 25.7 Å². The van der Waals surface area contributed by atoms with Crippen molar-refractivity contribution in [3.05, 3.63) is 54.0 Å². The van der Waals surface area contributed by atoms with Crippen molar-refractivity contribution in [2.45, 2.75) is 6.54 Å². The lowest BCUT2D eigenvalue weighted by molar-refractivity contribution is 0.0954. The van der Waals surface area contributed by atoms with Gasteiger partial charge in [0.1, 0.15) is 11.5 Å². The van der Waals surface area contributed by atoms with E-state index in [4.69, 9.17) is 9.15 Å². The van der Waals surface area contributed by atoms with Gasteiger partial charge in [-0.2, -0.15) is 0 Å². The van der Waals surface area contributed by atoms with Gasteiger partial charge in [0.05, 0.1) is 19.9 Å². The molecule has 0 aliphatic heterocycles. The molecule has 0 unspecified atom stereocenters. The minimum Gasteiger partial charge on any atom is -0.497 e. The molecule has 0 atom stereocenters. The Morgan fingerprint density at radius 2 is 1.84 bits per heavy atom. The first-order valence-corrected chi connectivity index (χ1v) is 7.62. The number of guanidine groups is 1. The summed E-state index contributed by atoms with van der Waals surface area (Å²) in [5.74, 6) is 2.06. The number of ether oxygens (including phenoxy) is 1. The lowest BCUT2D eigenvalue weighted by Crippen LogP contribution is -2.41. The van der Waals surface area contributed by atoms with Crippen molar-refractivity contribution < 1.29 is 13.9 Å². The van der Waals surface area contributed by atoms with Crippen molar-refractivity contribution in [1.29, 1.82) is 0 Å². The number of nitrogens with one attached hydrogen (secondary N) is 3. The summed E-state index contributed by atoms with van der Waals surface area (Å²) in [5.41, 5.74) is 0.594.